The first kappa shape index (κ1) is 25.4. The molecule has 0 bridgehead atoms. The molecule has 0 saturated carbocycles. The van der Waals surface area contributed by atoms with Crippen molar-refractivity contribution in [1.82, 2.24) is 14.9 Å². The molecule has 1 saturated heterocycles. The summed E-state index contributed by atoms with van der Waals surface area (Å²) in [5, 5.41) is 0. The van der Waals surface area contributed by atoms with Gasteiger partial charge in [0.15, 0.2) is 5.82 Å². The molecule has 2 heterocycles. The summed E-state index contributed by atoms with van der Waals surface area (Å²) in [6.45, 7) is 6.26. The van der Waals surface area contributed by atoms with Crippen LogP contribution in [0.5, 0.6) is 0 Å². The van der Waals surface area contributed by atoms with E-state index < -0.39 is 6.29 Å². The topological polar surface area (TPSA) is 59.6 Å². The number of likely N-dealkylation sites (N-methyl/N-ethyl adjacent to an activating group) is 1. The Hall–Kier alpha value is -3.29. The van der Waals surface area contributed by atoms with Crippen molar-refractivity contribution < 1.29 is 14.2 Å². The van der Waals surface area contributed by atoms with Crippen molar-refractivity contribution in [3.63, 3.8) is 0 Å². The van der Waals surface area contributed by atoms with Crippen LogP contribution in [0.15, 0.2) is 91.0 Å². The Kier molecular flexibility index (Phi) is 8.12. The van der Waals surface area contributed by atoms with Gasteiger partial charge in [0.2, 0.25) is 6.29 Å². The van der Waals surface area contributed by atoms with E-state index in [1.54, 1.807) is 0 Å². The van der Waals surface area contributed by atoms with Crippen LogP contribution in [-0.2, 0) is 20.8 Å². The SMILES string of the molecule is CN(CCOC[C@]1(C)CO[C@@H](c2nc(-c3ccccc3)c(-c3ccccc3)[nH]2)OC1)Cc1ccccc1. The second-order valence-corrected chi connectivity index (χ2v) is 10.1. The van der Waals surface area contributed by atoms with Crippen molar-refractivity contribution in [1.29, 1.82) is 0 Å². The van der Waals surface area contributed by atoms with Gasteiger partial charge in [0, 0.05) is 29.6 Å². The third-order valence-corrected chi connectivity index (χ3v) is 6.58. The monoisotopic (exact) mass is 497 g/mol. The number of nitrogens with one attached hydrogen (secondary N) is 1. The number of ether oxygens (including phenoxy) is 3. The maximum absolute atomic E-state index is 6.17. The molecule has 0 amide bonds. The third kappa shape index (κ3) is 6.53. The molecule has 1 N–H and O–H groups in total. The van der Waals surface area contributed by atoms with Gasteiger partial charge in [0.25, 0.3) is 0 Å². The molecule has 3 aromatic carbocycles. The van der Waals surface area contributed by atoms with Crippen molar-refractivity contribution in [2.75, 3.05) is 40.0 Å². The minimum absolute atomic E-state index is 0.203. The first-order valence-electron chi connectivity index (χ1n) is 12.8. The first-order chi connectivity index (χ1) is 18.1. The summed E-state index contributed by atoms with van der Waals surface area (Å²) in [6, 6.07) is 30.9. The molecular weight excluding hydrogens is 462 g/mol. The Morgan fingerprint density at radius 3 is 2.14 bits per heavy atom. The van der Waals surface area contributed by atoms with Gasteiger partial charge in [0.1, 0.15) is 0 Å². The molecule has 5 rings (SSSR count). The molecule has 1 aliphatic rings. The van der Waals surface area contributed by atoms with Gasteiger partial charge in [-0.2, -0.15) is 0 Å². The first-order valence-corrected chi connectivity index (χ1v) is 12.8. The quantitative estimate of drug-likeness (QED) is 0.275. The highest BCUT2D eigenvalue weighted by Crippen LogP contribution is 2.35. The van der Waals surface area contributed by atoms with E-state index in [9.17, 15) is 0 Å². The largest absolute Gasteiger partial charge is 0.379 e. The lowest BCUT2D eigenvalue weighted by atomic mass is 9.93. The summed E-state index contributed by atoms with van der Waals surface area (Å²) in [6.07, 6.45) is -0.537. The molecule has 0 atom stereocenters. The summed E-state index contributed by atoms with van der Waals surface area (Å²) < 4.78 is 18.4. The highest BCUT2D eigenvalue weighted by Gasteiger charge is 2.35. The van der Waals surface area contributed by atoms with E-state index in [-0.39, 0.29) is 5.41 Å². The van der Waals surface area contributed by atoms with Crippen LogP contribution in [0.4, 0.5) is 0 Å². The minimum atomic E-state index is -0.537. The van der Waals surface area contributed by atoms with Gasteiger partial charge in [-0.15, -0.1) is 0 Å². The number of H-pyrrole nitrogens is 1. The number of aromatic nitrogens is 2. The summed E-state index contributed by atoms with van der Waals surface area (Å²) in [5.74, 6) is 0.684. The van der Waals surface area contributed by atoms with Gasteiger partial charge in [0.05, 0.1) is 37.8 Å². The predicted molar refractivity (Wildman–Crippen MR) is 146 cm³/mol. The van der Waals surface area contributed by atoms with Crippen LogP contribution in [0.3, 0.4) is 0 Å². The number of benzene rings is 3. The van der Waals surface area contributed by atoms with E-state index in [1.807, 2.05) is 42.5 Å². The smallest absolute Gasteiger partial charge is 0.217 e. The second-order valence-electron chi connectivity index (χ2n) is 10.1. The number of imidazole rings is 1. The standard InChI is InChI=1S/C31H35N3O3/c1-31(21-35-19-18-34(2)20-24-12-6-3-7-13-24)22-36-30(37-23-31)29-32-27(25-14-8-4-9-15-25)28(33-29)26-16-10-5-11-17-26/h3-17,30H,18-23H2,1-2H3,(H,32,33)/t30-,31-. The molecule has 0 radical (unpaired) electrons. The second kappa shape index (κ2) is 11.8. The summed E-state index contributed by atoms with van der Waals surface area (Å²) >= 11 is 0. The number of rotatable bonds is 10. The number of hydrogen-bond acceptors (Lipinski definition) is 5. The highest BCUT2D eigenvalue weighted by atomic mass is 16.7. The molecule has 37 heavy (non-hydrogen) atoms. The summed E-state index contributed by atoms with van der Waals surface area (Å²) in [7, 11) is 2.12. The third-order valence-electron chi connectivity index (χ3n) is 6.58. The van der Waals surface area contributed by atoms with Gasteiger partial charge >= 0.3 is 0 Å². The molecule has 1 aliphatic heterocycles. The molecule has 6 heteroatoms. The molecular formula is C31H35N3O3. The van der Waals surface area contributed by atoms with Gasteiger partial charge in [-0.25, -0.2) is 4.98 Å². The molecule has 0 spiro atoms. The molecule has 6 nitrogen and oxygen atoms in total. The van der Waals surface area contributed by atoms with E-state index in [2.05, 4.69) is 72.4 Å². The zero-order chi connectivity index (χ0) is 25.5. The Bertz CT molecular complexity index is 1180. The number of hydrogen-bond donors (Lipinski definition) is 1. The average molecular weight is 498 g/mol. The lowest BCUT2D eigenvalue weighted by Crippen LogP contribution is -2.40. The van der Waals surface area contributed by atoms with Gasteiger partial charge in [-0.05, 0) is 12.6 Å². The van der Waals surface area contributed by atoms with Crippen LogP contribution in [0.2, 0.25) is 0 Å². The average Bonchev–Trinajstić information content (AvgIpc) is 3.39. The Morgan fingerprint density at radius 2 is 1.49 bits per heavy atom. The maximum Gasteiger partial charge on any atom is 0.217 e. The van der Waals surface area contributed by atoms with Crippen LogP contribution in [0, 0.1) is 5.41 Å². The van der Waals surface area contributed by atoms with Crippen LogP contribution in [-0.4, -0.2) is 54.9 Å². The van der Waals surface area contributed by atoms with Gasteiger partial charge in [-0.1, -0.05) is 97.9 Å². The van der Waals surface area contributed by atoms with Crippen molar-refractivity contribution >= 4 is 0 Å². The van der Waals surface area contributed by atoms with Gasteiger partial charge in [-0.3, -0.25) is 4.90 Å². The zero-order valence-corrected chi connectivity index (χ0v) is 21.6. The lowest BCUT2D eigenvalue weighted by Gasteiger charge is -2.36. The van der Waals surface area contributed by atoms with E-state index >= 15 is 0 Å². The van der Waals surface area contributed by atoms with E-state index in [4.69, 9.17) is 19.2 Å². The number of aromatic amines is 1. The molecule has 4 aromatic rings. The molecule has 192 valence electrons. The normalized spacial score (nSPS) is 19.8. The Morgan fingerprint density at radius 1 is 0.892 bits per heavy atom. The summed E-state index contributed by atoms with van der Waals surface area (Å²) in [4.78, 5) is 10.7. The number of nitrogens with zero attached hydrogens (tertiary/aromatic N) is 2. The van der Waals surface area contributed by atoms with Crippen LogP contribution >= 0.6 is 0 Å². The zero-order valence-electron chi connectivity index (χ0n) is 21.6. The minimum Gasteiger partial charge on any atom is -0.379 e. The fourth-order valence-electron chi connectivity index (χ4n) is 4.52. The fourth-order valence-corrected chi connectivity index (χ4v) is 4.52. The van der Waals surface area contributed by atoms with Crippen molar-refractivity contribution in [2.24, 2.45) is 5.41 Å². The maximum atomic E-state index is 6.17. The van der Waals surface area contributed by atoms with Crippen LogP contribution in [0.25, 0.3) is 22.5 Å². The molecule has 0 aliphatic carbocycles. The van der Waals surface area contributed by atoms with Crippen LogP contribution < -0.4 is 0 Å². The molecule has 0 unspecified atom stereocenters. The van der Waals surface area contributed by atoms with Crippen molar-refractivity contribution in [2.45, 2.75) is 19.8 Å². The van der Waals surface area contributed by atoms with E-state index in [0.717, 1.165) is 35.6 Å². The van der Waals surface area contributed by atoms with Crippen LogP contribution in [0.1, 0.15) is 24.6 Å². The lowest BCUT2D eigenvalue weighted by molar-refractivity contribution is -0.242. The molecule has 1 aromatic heterocycles. The molecule has 1 fully saturated rings. The highest BCUT2D eigenvalue weighted by molar-refractivity contribution is 5.78. The van der Waals surface area contributed by atoms with Gasteiger partial charge < -0.3 is 19.2 Å². The van der Waals surface area contributed by atoms with Crippen molar-refractivity contribution in [3.05, 3.63) is 102 Å². The summed E-state index contributed by atoms with van der Waals surface area (Å²) in [5.41, 5.74) is 5.09. The predicted octanol–water partition coefficient (Wildman–Crippen LogP) is 5.94. The van der Waals surface area contributed by atoms with E-state index in [0.29, 0.717) is 32.3 Å². The van der Waals surface area contributed by atoms with E-state index in [1.165, 1.54) is 5.56 Å². The van der Waals surface area contributed by atoms with Crippen molar-refractivity contribution in [3.8, 4) is 22.5 Å². The Balaban J connectivity index is 1.17. The fraction of sp³-hybridized carbons (Fsp3) is 0.323. The Labute approximate surface area is 219 Å².